The molecule has 2 N–H and O–H groups in total. The molecule has 0 radical (unpaired) electrons. The van der Waals surface area contributed by atoms with E-state index in [2.05, 4.69) is 29.0 Å². The van der Waals surface area contributed by atoms with E-state index in [1.165, 1.54) is 10.4 Å². The predicted octanol–water partition coefficient (Wildman–Crippen LogP) is 1.68. The Balaban J connectivity index is 1.74. The van der Waals surface area contributed by atoms with Crippen LogP contribution in [0.1, 0.15) is 30.2 Å². The molecular formula is C12H18N2OS. The Bertz CT molecular complexity index is 362. The monoisotopic (exact) mass is 238 g/mol. The van der Waals surface area contributed by atoms with Crippen molar-refractivity contribution >= 4 is 17.2 Å². The summed E-state index contributed by atoms with van der Waals surface area (Å²) < 4.78 is 0. The average Bonchev–Trinajstić information content (AvgIpc) is 2.87. The van der Waals surface area contributed by atoms with E-state index in [0.717, 1.165) is 25.9 Å². The smallest absolute Gasteiger partial charge is 0.220 e. The molecule has 1 amide bonds. The Labute approximate surface area is 100 Å². The summed E-state index contributed by atoms with van der Waals surface area (Å²) in [7, 11) is 0. The van der Waals surface area contributed by atoms with Gasteiger partial charge in [0.05, 0.1) is 0 Å². The van der Waals surface area contributed by atoms with Crippen LogP contribution in [0.4, 0.5) is 0 Å². The fraction of sp³-hybridized carbons (Fsp3) is 0.583. The number of carbonyl (C=O) groups excluding carboxylic acids is 1. The predicted molar refractivity (Wildman–Crippen MR) is 66.6 cm³/mol. The molecule has 1 aliphatic rings. The Morgan fingerprint density at radius 2 is 2.50 bits per heavy atom. The Hall–Kier alpha value is -0.870. The van der Waals surface area contributed by atoms with Crippen LogP contribution in [-0.4, -0.2) is 18.5 Å². The highest BCUT2D eigenvalue weighted by atomic mass is 32.1. The van der Waals surface area contributed by atoms with E-state index < -0.39 is 0 Å². The Morgan fingerprint density at radius 1 is 1.62 bits per heavy atom. The molecule has 1 unspecified atom stereocenters. The van der Waals surface area contributed by atoms with Gasteiger partial charge in [-0.25, -0.2) is 0 Å². The molecule has 2 rings (SSSR count). The van der Waals surface area contributed by atoms with Crippen LogP contribution in [0, 0.1) is 0 Å². The third-order valence-electron chi connectivity index (χ3n) is 2.98. The largest absolute Gasteiger partial charge is 0.352 e. The van der Waals surface area contributed by atoms with Gasteiger partial charge in [-0.1, -0.05) is 6.92 Å². The van der Waals surface area contributed by atoms with Gasteiger partial charge in [0.15, 0.2) is 0 Å². The summed E-state index contributed by atoms with van der Waals surface area (Å²) in [6, 6.07) is 2.52. The van der Waals surface area contributed by atoms with Crippen LogP contribution >= 0.6 is 11.3 Å². The Morgan fingerprint density at radius 3 is 3.19 bits per heavy atom. The highest BCUT2D eigenvalue weighted by Gasteiger charge is 2.19. The minimum atomic E-state index is 0.192. The number of hydrogen-bond donors (Lipinski definition) is 2. The van der Waals surface area contributed by atoms with E-state index >= 15 is 0 Å². The van der Waals surface area contributed by atoms with Gasteiger partial charge in [0, 0.05) is 30.4 Å². The summed E-state index contributed by atoms with van der Waals surface area (Å²) >= 11 is 1.81. The maximum Gasteiger partial charge on any atom is 0.220 e. The molecule has 0 spiro atoms. The van der Waals surface area contributed by atoms with Gasteiger partial charge < -0.3 is 10.6 Å². The fourth-order valence-electron chi connectivity index (χ4n) is 2.03. The molecule has 1 aliphatic heterocycles. The highest BCUT2D eigenvalue weighted by Crippen LogP contribution is 2.17. The number of hydrogen-bond acceptors (Lipinski definition) is 3. The molecule has 1 aromatic rings. The molecule has 0 saturated carbocycles. The number of nitrogens with one attached hydrogen (secondary N) is 2. The van der Waals surface area contributed by atoms with Gasteiger partial charge in [-0.3, -0.25) is 4.79 Å². The van der Waals surface area contributed by atoms with Crippen LogP contribution in [-0.2, 0) is 17.8 Å². The van der Waals surface area contributed by atoms with Crippen molar-refractivity contribution in [2.45, 2.75) is 38.8 Å². The van der Waals surface area contributed by atoms with Crippen molar-refractivity contribution in [1.82, 2.24) is 10.6 Å². The van der Waals surface area contributed by atoms with Crippen LogP contribution in [0.25, 0.3) is 0 Å². The van der Waals surface area contributed by atoms with Crippen molar-refractivity contribution < 1.29 is 4.79 Å². The lowest BCUT2D eigenvalue weighted by molar-refractivity contribution is -0.119. The number of carbonyl (C=O) groups is 1. The Kier molecular flexibility index (Phi) is 3.96. The molecule has 16 heavy (non-hydrogen) atoms. The first-order chi connectivity index (χ1) is 7.79. The minimum absolute atomic E-state index is 0.192. The van der Waals surface area contributed by atoms with Crippen LogP contribution < -0.4 is 10.6 Å². The first-order valence-electron chi connectivity index (χ1n) is 5.85. The van der Waals surface area contributed by atoms with Gasteiger partial charge >= 0.3 is 0 Å². The second-order valence-corrected chi connectivity index (χ2v) is 5.16. The molecule has 88 valence electrons. The van der Waals surface area contributed by atoms with Crippen molar-refractivity contribution in [2.75, 3.05) is 6.54 Å². The van der Waals surface area contributed by atoms with Crippen LogP contribution in [0.2, 0.25) is 0 Å². The molecule has 0 aliphatic carbocycles. The normalized spacial score (nSPS) is 20.1. The first-order valence-corrected chi connectivity index (χ1v) is 6.73. The second kappa shape index (κ2) is 5.46. The number of rotatable bonds is 5. The molecule has 1 atom stereocenters. The van der Waals surface area contributed by atoms with Crippen molar-refractivity contribution in [2.24, 2.45) is 0 Å². The maximum absolute atomic E-state index is 11.0. The molecule has 1 fully saturated rings. The standard InChI is InChI=1S/C12H18N2OS/c1-2-9-5-6-16-11(9)8-13-7-10-3-4-12(15)14-10/h5-6,10,13H,2-4,7-8H2,1H3,(H,14,15). The summed E-state index contributed by atoms with van der Waals surface area (Å²) in [5.74, 6) is 0.192. The van der Waals surface area contributed by atoms with Crippen LogP contribution in [0.3, 0.4) is 0 Å². The summed E-state index contributed by atoms with van der Waals surface area (Å²) in [5.41, 5.74) is 1.44. The zero-order valence-electron chi connectivity index (χ0n) is 9.58. The number of thiophene rings is 1. The zero-order chi connectivity index (χ0) is 11.4. The number of amides is 1. The van der Waals surface area contributed by atoms with E-state index in [9.17, 15) is 4.79 Å². The van der Waals surface area contributed by atoms with Gasteiger partial charge in [-0.05, 0) is 29.9 Å². The van der Waals surface area contributed by atoms with Gasteiger partial charge in [-0.15, -0.1) is 11.3 Å². The van der Waals surface area contributed by atoms with E-state index in [-0.39, 0.29) is 5.91 Å². The van der Waals surface area contributed by atoms with E-state index in [4.69, 9.17) is 0 Å². The lowest BCUT2D eigenvalue weighted by Gasteiger charge is -2.11. The number of aryl methyl sites for hydroxylation is 1. The molecule has 1 saturated heterocycles. The fourth-order valence-corrected chi connectivity index (χ4v) is 2.97. The van der Waals surface area contributed by atoms with Crippen molar-refractivity contribution in [3.8, 4) is 0 Å². The van der Waals surface area contributed by atoms with Gasteiger partial charge in [-0.2, -0.15) is 0 Å². The molecule has 1 aromatic heterocycles. The van der Waals surface area contributed by atoms with E-state index in [0.29, 0.717) is 12.5 Å². The van der Waals surface area contributed by atoms with Gasteiger partial charge in [0.2, 0.25) is 5.91 Å². The lowest BCUT2D eigenvalue weighted by Crippen LogP contribution is -2.35. The summed E-state index contributed by atoms with van der Waals surface area (Å²) in [6.45, 7) is 3.99. The average molecular weight is 238 g/mol. The van der Waals surface area contributed by atoms with Gasteiger partial charge in [0.25, 0.3) is 0 Å². The highest BCUT2D eigenvalue weighted by molar-refractivity contribution is 7.10. The van der Waals surface area contributed by atoms with Crippen molar-refractivity contribution in [3.05, 3.63) is 21.9 Å². The zero-order valence-corrected chi connectivity index (χ0v) is 10.4. The summed E-state index contributed by atoms with van der Waals surface area (Å²) in [6.07, 6.45) is 2.75. The first kappa shape index (κ1) is 11.6. The lowest BCUT2D eigenvalue weighted by atomic mass is 10.2. The minimum Gasteiger partial charge on any atom is -0.352 e. The third kappa shape index (κ3) is 2.83. The summed E-state index contributed by atoms with van der Waals surface area (Å²) in [4.78, 5) is 12.4. The van der Waals surface area contributed by atoms with Crippen LogP contribution in [0.15, 0.2) is 11.4 Å². The third-order valence-corrected chi connectivity index (χ3v) is 3.94. The van der Waals surface area contributed by atoms with E-state index in [1.54, 1.807) is 0 Å². The second-order valence-electron chi connectivity index (χ2n) is 4.16. The SMILES string of the molecule is CCc1ccsc1CNCC1CCC(=O)N1. The van der Waals surface area contributed by atoms with Crippen LogP contribution in [0.5, 0.6) is 0 Å². The topological polar surface area (TPSA) is 41.1 Å². The molecule has 4 heteroatoms. The quantitative estimate of drug-likeness (QED) is 0.819. The molecule has 0 bridgehead atoms. The summed E-state index contributed by atoms with van der Waals surface area (Å²) in [5, 5.41) is 8.53. The molecule has 3 nitrogen and oxygen atoms in total. The van der Waals surface area contributed by atoms with E-state index in [1.807, 2.05) is 11.3 Å². The maximum atomic E-state index is 11.0. The molecule has 0 aromatic carbocycles. The van der Waals surface area contributed by atoms with Crippen molar-refractivity contribution in [1.29, 1.82) is 0 Å². The molecule has 2 heterocycles. The molecular weight excluding hydrogens is 220 g/mol. The van der Waals surface area contributed by atoms with Gasteiger partial charge in [0.1, 0.15) is 0 Å². The van der Waals surface area contributed by atoms with Crippen molar-refractivity contribution in [3.63, 3.8) is 0 Å².